The molecule has 0 aliphatic carbocycles. The highest BCUT2D eigenvalue weighted by Gasteiger charge is 2.40. The van der Waals surface area contributed by atoms with Crippen molar-refractivity contribution < 1.29 is 33.0 Å². The van der Waals surface area contributed by atoms with Crippen LogP contribution in [0.1, 0.15) is 12.8 Å². The molecule has 1 heterocycles. The number of aliphatic carboxylic acids is 1. The Morgan fingerprint density at radius 2 is 2.00 bits per heavy atom. The lowest BCUT2D eigenvalue weighted by molar-refractivity contribution is -0.142. The minimum absolute atomic E-state index is 0.117. The van der Waals surface area contributed by atoms with Gasteiger partial charge in [0.25, 0.3) is 0 Å². The summed E-state index contributed by atoms with van der Waals surface area (Å²) in [6.45, 7) is -0.743. The number of rotatable bonds is 3. The molecule has 9 heteroatoms. The Kier molecular flexibility index (Phi) is 4.61. The summed E-state index contributed by atoms with van der Waals surface area (Å²) in [5.74, 6) is -1.28. The number of nitrogens with zero attached hydrogens (tertiary/aromatic N) is 2. The number of aliphatic hydroxyl groups excluding tert-OH is 1. The van der Waals surface area contributed by atoms with Crippen molar-refractivity contribution in [3.63, 3.8) is 0 Å². The first-order valence-electron chi connectivity index (χ1n) is 5.61. The van der Waals surface area contributed by atoms with Crippen molar-refractivity contribution in [2.75, 3.05) is 20.1 Å². The van der Waals surface area contributed by atoms with Gasteiger partial charge < -0.3 is 20.0 Å². The van der Waals surface area contributed by atoms with Gasteiger partial charge in [0.1, 0.15) is 6.04 Å². The van der Waals surface area contributed by atoms with Gasteiger partial charge in [0.2, 0.25) is 0 Å². The van der Waals surface area contributed by atoms with Gasteiger partial charge in [-0.3, -0.25) is 0 Å². The number of β-amino-alcohol motifs (C(OH)–C–C–N with tert-alkyl or cyclic N) is 1. The summed E-state index contributed by atoms with van der Waals surface area (Å²) in [6, 6.07) is -2.02. The van der Waals surface area contributed by atoms with E-state index in [-0.39, 0.29) is 13.0 Å². The van der Waals surface area contributed by atoms with Crippen LogP contribution in [0.3, 0.4) is 0 Å². The zero-order valence-electron chi connectivity index (χ0n) is 10.2. The average Bonchev–Trinajstić information content (AvgIpc) is 2.66. The van der Waals surface area contributed by atoms with Crippen molar-refractivity contribution in [3.05, 3.63) is 0 Å². The van der Waals surface area contributed by atoms with E-state index in [1.54, 1.807) is 0 Å². The lowest BCUT2D eigenvalue weighted by Gasteiger charge is -2.27. The first kappa shape index (κ1) is 15.5. The monoisotopic (exact) mass is 284 g/mol. The van der Waals surface area contributed by atoms with E-state index >= 15 is 0 Å². The molecule has 19 heavy (non-hydrogen) atoms. The van der Waals surface area contributed by atoms with Gasteiger partial charge in [-0.2, -0.15) is 13.2 Å². The number of alkyl halides is 3. The molecule has 0 aromatic carbocycles. The molecular weight excluding hydrogens is 269 g/mol. The van der Waals surface area contributed by atoms with Gasteiger partial charge in [-0.1, -0.05) is 0 Å². The maximum absolute atomic E-state index is 12.0. The van der Waals surface area contributed by atoms with Crippen molar-refractivity contribution in [2.24, 2.45) is 0 Å². The van der Waals surface area contributed by atoms with E-state index in [4.69, 9.17) is 5.11 Å². The van der Waals surface area contributed by atoms with E-state index < -0.39 is 43.3 Å². The van der Waals surface area contributed by atoms with Crippen molar-refractivity contribution in [3.8, 4) is 0 Å². The number of carboxylic acids is 1. The van der Waals surface area contributed by atoms with E-state index in [9.17, 15) is 27.9 Å². The molecule has 1 aliphatic heterocycles. The van der Waals surface area contributed by atoms with Gasteiger partial charge in [0.15, 0.2) is 0 Å². The number of carbonyl (C=O) groups is 2. The molecule has 1 aliphatic rings. The fourth-order valence-corrected chi connectivity index (χ4v) is 1.87. The van der Waals surface area contributed by atoms with Crippen molar-refractivity contribution in [1.82, 2.24) is 9.80 Å². The normalized spacial score (nSPS) is 23.5. The number of amides is 2. The summed E-state index contributed by atoms with van der Waals surface area (Å²) in [7, 11) is 1.16. The molecule has 0 bridgehead atoms. The topological polar surface area (TPSA) is 81.1 Å². The number of likely N-dealkylation sites (tertiary alicyclic amines) is 1. The largest absolute Gasteiger partial charge is 0.480 e. The summed E-state index contributed by atoms with van der Waals surface area (Å²) < 4.78 is 36.1. The van der Waals surface area contributed by atoms with Crippen molar-refractivity contribution >= 4 is 12.0 Å². The smallest absolute Gasteiger partial charge is 0.390 e. The third-order valence-corrected chi connectivity index (χ3v) is 2.87. The van der Waals surface area contributed by atoms with Gasteiger partial charge in [0.05, 0.1) is 12.5 Å². The molecule has 2 atom stereocenters. The molecule has 2 N–H and O–H groups in total. The Balaban J connectivity index is 2.63. The Bertz CT molecular complexity index is 361. The molecule has 0 radical (unpaired) electrons. The molecule has 0 unspecified atom stereocenters. The van der Waals surface area contributed by atoms with Crippen LogP contribution in [0.5, 0.6) is 0 Å². The van der Waals surface area contributed by atoms with Gasteiger partial charge in [-0.25, -0.2) is 9.59 Å². The molecule has 0 aromatic heterocycles. The van der Waals surface area contributed by atoms with Crippen LogP contribution in [0.25, 0.3) is 0 Å². The molecule has 6 nitrogen and oxygen atoms in total. The number of hydrogen-bond acceptors (Lipinski definition) is 3. The molecule has 110 valence electrons. The standard InChI is InChI=1S/C10H15F3N2O4/c1-14(3-2-10(11,12)13)9(19)15-5-6(16)4-7(15)8(17)18/h6-7,16H,2-5H2,1H3,(H,17,18)/t6-,7+/m1/s1. The lowest BCUT2D eigenvalue weighted by atomic mass is 10.2. The second-order valence-corrected chi connectivity index (χ2v) is 4.47. The van der Waals surface area contributed by atoms with Crippen LogP contribution in [0.15, 0.2) is 0 Å². The minimum Gasteiger partial charge on any atom is -0.480 e. The van der Waals surface area contributed by atoms with E-state index in [1.165, 1.54) is 0 Å². The Morgan fingerprint density at radius 1 is 1.42 bits per heavy atom. The molecule has 0 saturated carbocycles. The maximum atomic E-state index is 12.0. The number of hydrogen-bond donors (Lipinski definition) is 2. The third-order valence-electron chi connectivity index (χ3n) is 2.87. The fraction of sp³-hybridized carbons (Fsp3) is 0.800. The zero-order chi connectivity index (χ0) is 14.8. The molecule has 0 aromatic rings. The van der Waals surface area contributed by atoms with Crippen LogP contribution < -0.4 is 0 Å². The first-order valence-corrected chi connectivity index (χ1v) is 5.61. The van der Waals surface area contributed by atoms with E-state index in [2.05, 4.69) is 0 Å². The fourth-order valence-electron chi connectivity index (χ4n) is 1.87. The van der Waals surface area contributed by atoms with Crippen LogP contribution >= 0.6 is 0 Å². The number of halogens is 3. The highest BCUT2D eigenvalue weighted by Crippen LogP contribution is 2.22. The average molecular weight is 284 g/mol. The predicted molar refractivity (Wildman–Crippen MR) is 57.5 cm³/mol. The van der Waals surface area contributed by atoms with Crippen LogP contribution in [0, 0.1) is 0 Å². The van der Waals surface area contributed by atoms with Gasteiger partial charge in [-0.15, -0.1) is 0 Å². The molecule has 1 saturated heterocycles. The third kappa shape index (κ3) is 4.27. The lowest BCUT2D eigenvalue weighted by Crippen LogP contribution is -2.47. The van der Waals surface area contributed by atoms with Gasteiger partial charge in [-0.05, 0) is 0 Å². The summed E-state index contributed by atoms with van der Waals surface area (Å²) in [4.78, 5) is 24.4. The van der Waals surface area contributed by atoms with Gasteiger partial charge in [0, 0.05) is 26.6 Å². The van der Waals surface area contributed by atoms with Crippen LogP contribution in [-0.2, 0) is 4.79 Å². The number of aliphatic hydroxyl groups is 1. The number of carbonyl (C=O) groups excluding carboxylic acids is 1. The summed E-state index contributed by atoms with van der Waals surface area (Å²) in [6.07, 6.45) is -6.64. The van der Waals surface area contributed by atoms with Crippen LogP contribution in [0.4, 0.5) is 18.0 Å². The van der Waals surface area contributed by atoms with E-state index in [0.29, 0.717) is 0 Å². The highest BCUT2D eigenvalue weighted by atomic mass is 19.4. The van der Waals surface area contributed by atoms with Crippen LogP contribution in [0.2, 0.25) is 0 Å². The minimum atomic E-state index is -4.38. The highest BCUT2D eigenvalue weighted by molar-refractivity contribution is 5.83. The van der Waals surface area contributed by atoms with E-state index in [1.807, 2.05) is 0 Å². The molecule has 1 fully saturated rings. The van der Waals surface area contributed by atoms with Gasteiger partial charge >= 0.3 is 18.2 Å². The summed E-state index contributed by atoms with van der Waals surface area (Å²) >= 11 is 0. The quantitative estimate of drug-likeness (QED) is 0.791. The Morgan fingerprint density at radius 3 is 2.47 bits per heavy atom. The van der Waals surface area contributed by atoms with Crippen molar-refractivity contribution in [2.45, 2.75) is 31.2 Å². The molecule has 1 rings (SSSR count). The summed E-state index contributed by atoms with van der Waals surface area (Å²) in [5.41, 5.74) is 0. The first-order chi connectivity index (χ1) is 8.61. The zero-order valence-corrected chi connectivity index (χ0v) is 10.2. The predicted octanol–water partition coefficient (Wildman–Crippen LogP) is 0.510. The van der Waals surface area contributed by atoms with Crippen LogP contribution in [-0.4, -0.2) is 70.5 Å². The Labute approximate surface area is 107 Å². The molecule has 2 amide bonds. The molecular formula is C10H15F3N2O4. The van der Waals surface area contributed by atoms with Crippen molar-refractivity contribution in [1.29, 1.82) is 0 Å². The number of carboxylic acid groups (broad SMARTS) is 1. The summed E-state index contributed by atoms with van der Waals surface area (Å²) in [5, 5.41) is 18.2. The second-order valence-electron chi connectivity index (χ2n) is 4.47. The maximum Gasteiger partial charge on any atom is 0.390 e. The number of urea groups is 1. The Hall–Kier alpha value is -1.51. The second kappa shape index (κ2) is 5.64. The molecule has 0 spiro atoms. The SMILES string of the molecule is CN(CCC(F)(F)F)C(=O)N1C[C@H](O)C[C@H]1C(=O)O. The van der Waals surface area contributed by atoms with E-state index in [0.717, 1.165) is 16.8 Å².